The van der Waals surface area contributed by atoms with Gasteiger partial charge in [0.25, 0.3) is 11.8 Å². The third-order valence-corrected chi connectivity index (χ3v) is 7.14. The first-order valence-electron chi connectivity index (χ1n) is 12.7. The molecule has 0 saturated carbocycles. The Balaban J connectivity index is 1.18. The minimum atomic E-state index is -0.604. The summed E-state index contributed by atoms with van der Waals surface area (Å²) in [5.41, 5.74) is 2.09. The maximum absolute atomic E-state index is 13.0. The predicted octanol–water partition coefficient (Wildman–Crippen LogP) is 3.17. The molecule has 2 aliphatic rings. The molecule has 1 atom stereocenters. The van der Waals surface area contributed by atoms with Crippen LogP contribution in [0.25, 0.3) is 0 Å². The van der Waals surface area contributed by atoms with Crippen LogP contribution in [0.1, 0.15) is 40.2 Å². The number of aromatic amines is 1. The minimum absolute atomic E-state index is 0.0133. The van der Waals surface area contributed by atoms with Gasteiger partial charge < -0.3 is 35.5 Å². The van der Waals surface area contributed by atoms with Crippen molar-refractivity contribution in [2.75, 3.05) is 35.7 Å². The van der Waals surface area contributed by atoms with Crippen LogP contribution in [-0.4, -0.2) is 65.1 Å². The number of para-hydroxylation sites is 2. The van der Waals surface area contributed by atoms with Gasteiger partial charge in [0, 0.05) is 39.0 Å². The van der Waals surface area contributed by atoms with Crippen LogP contribution >= 0.6 is 11.6 Å². The summed E-state index contributed by atoms with van der Waals surface area (Å²) in [6.07, 6.45) is 1.82. The van der Waals surface area contributed by atoms with E-state index < -0.39 is 18.1 Å². The summed E-state index contributed by atoms with van der Waals surface area (Å²) in [5.74, 6) is -0.754. The molecule has 0 aliphatic carbocycles. The molecule has 12 nitrogen and oxygen atoms in total. The molecular weight excluding hydrogens is 536 g/mol. The highest BCUT2D eigenvalue weighted by molar-refractivity contribution is 6.34. The number of aromatic nitrogens is 2. The second-order valence-corrected chi connectivity index (χ2v) is 9.81. The fourth-order valence-electron chi connectivity index (χ4n) is 4.70. The Morgan fingerprint density at radius 1 is 1.18 bits per heavy atom. The molecule has 40 heavy (non-hydrogen) atoms. The molecule has 1 aromatic heterocycles. The van der Waals surface area contributed by atoms with Crippen LogP contribution in [0.2, 0.25) is 5.02 Å². The molecular formula is C27H27ClN8O4. The van der Waals surface area contributed by atoms with Crippen molar-refractivity contribution < 1.29 is 19.1 Å². The summed E-state index contributed by atoms with van der Waals surface area (Å²) < 4.78 is 6.02. The van der Waals surface area contributed by atoms with Gasteiger partial charge >= 0.3 is 0 Å². The highest BCUT2D eigenvalue weighted by Gasteiger charge is 2.29. The molecule has 2 aliphatic heterocycles. The molecule has 206 valence electrons. The number of halogens is 1. The molecule has 3 aromatic rings. The van der Waals surface area contributed by atoms with Gasteiger partial charge in [-0.1, -0.05) is 23.7 Å². The Hall–Kier alpha value is -4.76. The SMILES string of the molecule is CN1c2ccccc2NC1NC(=O)c1[nH]cnc1C(=O)Nc1ccc(OC2CCN(C(=O)CC#N)CC2)cc1Cl. The van der Waals surface area contributed by atoms with E-state index in [0.29, 0.717) is 37.4 Å². The summed E-state index contributed by atoms with van der Waals surface area (Å²) in [5, 5.41) is 17.7. The number of amides is 3. The third-order valence-electron chi connectivity index (χ3n) is 6.83. The van der Waals surface area contributed by atoms with E-state index >= 15 is 0 Å². The molecule has 3 amide bonds. The fourth-order valence-corrected chi connectivity index (χ4v) is 4.92. The number of carbonyl (C=O) groups excluding carboxylic acids is 3. The number of fused-ring (bicyclic) bond motifs is 1. The Kier molecular flexibility index (Phi) is 7.75. The molecule has 13 heteroatoms. The van der Waals surface area contributed by atoms with Gasteiger partial charge in [-0.05, 0) is 24.3 Å². The number of nitrogens with one attached hydrogen (secondary N) is 4. The van der Waals surface area contributed by atoms with Gasteiger partial charge in [-0.15, -0.1) is 0 Å². The predicted molar refractivity (Wildman–Crippen MR) is 148 cm³/mol. The summed E-state index contributed by atoms with van der Waals surface area (Å²) in [6.45, 7) is 1.04. The molecule has 5 rings (SSSR count). The van der Waals surface area contributed by atoms with Crippen molar-refractivity contribution in [2.45, 2.75) is 31.7 Å². The van der Waals surface area contributed by atoms with E-state index in [-0.39, 0.29) is 34.8 Å². The van der Waals surface area contributed by atoms with E-state index in [0.717, 1.165) is 11.4 Å². The lowest BCUT2D eigenvalue weighted by molar-refractivity contribution is -0.131. The largest absolute Gasteiger partial charge is 0.490 e. The third kappa shape index (κ3) is 5.64. The highest BCUT2D eigenvalue weighted by Crippen LogP contribution is 2.32. The number of ether oxygens (including phenoxy) is 1. The van der Waals surface area contributed by atoms with Crippen molar-refractivity contribution in [3.05, 3.63) is 65.2 Å². The number of imidazole rings is 1. The van der Waals surface area contributed by atoms with Crippen LogP contribution in [0.3, 0.4) is 0 Å². The van der Waals surface area contributed by atoms with E-state index in [1.807, 2.05) is 42.3 Å². The van der Waals surface area contributed by atoms with E-state index in [4.69, 9.17) is 21.6 Å². The number of H-pyrrole nitrogens is 1. The zero-order chi connectivity index (χ0) is 28.2. The molecule has 0 bridgehead atoms. The topological polar surface area (TPSA) is 155 Å². The first-order chi connectivity index (χ1) is 19.3. The van der Waals surface area contributed by atoms with Gasteiger partial charge in [-0.3, -0.25) is 14.4 Å². The first-order valence-corrected chi connectivity index (χ1v) is 13.1. The number of hydrogen-bond acceptors (Lipinski definition) is 8. The Bertz CT molecular complexity index is 1480. The monoisotopic (exact) mass is 562 g/mol. The van der Waals surface area contributed by atoms with Crippen molar-refractivity contribution in [3.63, 3.8) is 0 Å². The molecule has 3 heterocycles. The van der Waals surface area contributed by atoms with Crippen LogP contribution in [-0.2, 0) is 4.79 Å². The summed E-state index contributed by atoms with van der Waals surface area (Å²) in [7, 11) is 1.85. The number of rotatable bonds is 7. The van der Waals surface area contributed by atoms with E-state index in [1.54, 1.807) is 23.1 Å². The quantitative estimate of drug-likeness (QED) is 0.342. The number of hydrogen-bond donors (Lipinski definition) is 4. The fraction of sp³-hybridized carbons (Fsp3) is 0.296. The number of likely N-dealkylation sites (tertiary alicyclic amines) is 1. The smallest absolute Gasteiger partial charge is 0.276 e. The maximum atomic E-state index is 13.0. The van der Waals surface area contributed by atoms with Gasteiger partial charge in [0.1, 0.15) is 24.0 Å². The second kappa shape index (κ2) is 11.5. The standard InChI is InChI=1S/C27H27ClN8O4/c1-35-21-5-3-2-4-20(21)33-27(35)34-26(39)24-23(30-15-31-24)25(38)32-19-7-6-17(14-18(19)28)40-16-9-12-36(13-10-16)22(37)8-11-29/h2-7,14-16,27,33H,8-10,12-13H2,1H3,(H,30,31)(H,32,38)(H,34,39). The van der Waals surface area contributed by atoms with Gasteiger partial charge in [0.05, 0.1) is 34.5 Å². The van der Waals surface area contributed by atoms with Crippen LogP contribution in [0.5, 0.6) is 5.75 Å². The van der Waals surface area contributed by atoms with E-state index in [9.17, 15) is 14.4 Å². The van der Waals surface area contributed by atoms with Crippen LogP contribution in [0.4, 0.5) is 17.1 Å². The second-order valence-electron chi connectivity index (χ2n) is 9.40. The van der Waals surface area contributed by atoms with E-state index in [2.05, 4.69) is 25.9 Å². The lowest BCUT2D eigenvalue weighted by Gasteiger charge is -2.31. The molecule has 1 unspecified atom stereocenters. The van der Waals surface area contributed by atoms with Crippen LogP contribution < -0.4 is 25.6 Å². The van der Waals surface area contributed by atoms with Gasteiger partial charge in [-0.2, -0.15) is 5.26 Å². The number of carbonyl (C=O) groups is 3. The Morgan fingerprint density at radius 3 is 2.67 bits per heavy atom. The molecule has 1 saturated heterocycles. The Labute approximate surface area is 235 Å². The van der Waals surface area contributed by atoms with Crippen LogP contribution in [0.15, 0.2) is 48.8 Å². The molecule has 0 radical (unpaired) electrons. The van der Waals surface area contributed by atoms with Crippen LogP contribution in [0, 0.1) is 11.3 Å². The zero-order valence-corrected chi connectivity index (χ0v) is 22.4. The van der Waals surface area contributed by atoms with E-state index in [1.165, 1.54) is 6.33 Å². The summed E-state index contributed by atoms with van der Waals surface area (Å²) >= 11 is 6.43. The van der Waals surface area contributed by atoms with Gasteiger partial charge in [-0.25, -0.2) is 4.98 Å². The molecule has 4 N–H and O–H groups in total. The number of nitriles is 1. The zero-order valence-electron chi connectivity index (χ0n) is 21.6. The average molecular weight is 563 g/mol. The Morgan fingerprint density at radius 2 is 1.95 bits per heavy atom. The normalized spacial score (nSPS) is 16.5. The first kappa shape index (κ1) is 26.8. The number of benzene rings is 2. The van der Waals surface area contributed by atoms with Crippen molar-refractivity contribution in [1.29, 1.82) is 5.26 Å². The number of nitrogens with zero attached hydrogens (tertiary/aromatic N) is 4. The molecule has 0 spiro atoms. The number of piperidine rings is 1. The summed E-state index contributed by atoms with van der Waals surface area (Å²) in [6, 6.07) is 14.4. The minimum Gasteiger partial charge on any atom is -0.490 e. The lowest BCUT2D eigenvalue weighted by atomic mass is 10.1. The molecule has 2 aromatic carbocycles. The van der Waals surface area contributed by atoms with Crippen molar-refractivity contribution in [1.82, 2.24) is 20.2 Å². The van der Waals surface area contributed by atoms with Crippen molar-refractivity contribution in [2.24, 2.45) is 0 Å². The lowest BCUT2D eigenvalue weighted by Crippen LogP contribution is -2.48. The molecule has 1 fully saturated rings. The highest BCUT2D eigenvalue weighted by atomic mass is 35.5. The summed E-state index contributed by atoms with van der Waals surface area (Å²) in [4.78, 5) is 48.3. The van der Waals surface area contributed by atoms with Crippen molar-refractivity contribution in [3.8, 4) is 11.8 Å². The number of anilines is 3. The average Bonchev–Trinajstić information content (AvgIpc) is 3.56. The van der Waals surface area contributed by atoms with Gasteiger partial charge in [0.2, 0.25) is 5.91 Å². The van der Waals surface area contributed by atoms with Gasteiger partial charge in [0.15, 0.2) is 12.0 Å². The van der Waals surface area contributed by atoms with Crippen molar-refractivity contribution >= 4 is 46.4 Å². The maximum Gasteiger partial charge on any atom is 0.276 e.